The van der Waals surface area contributed by atoms with Crippen LogP contribution in [-0.4, -0.2) is 29.0 Å². The third-order valence-corrected chi connectivity index (χ3v) is 7.34. The van der Waals surface area contributed by atoms with Gasteiger partial charge in [0.05, 0.1) is 11.2 Å². The second-order valence-corrected chi connectivity index (χ2v) is 9.96. The number of furan rings is 1. The van der Waals surface area contributed by atoms with Gasteiger partial charge in [-0.1, -0.05) is 59.8 Å². The van der Waals surface area contributed by atoms with Crippen LogP contribution in [0.2, 0.25) is 0 Å². The number of nitrogens with one attached hydrogen (secondary N) is 1. The Morgan fingerprint density at radius 2 is 1.81 bits per heavy atom. The Labute approximate surface area is 190 Å². The van der Waals surface area contributed by atoms with Crippen LogP contribution in [0, 0.1) is 6.92 Å². The average molecular weight is 470 g/mol. The third-order valence-electron chi connectivity index (χ3n) is 4.87. The minimum atomic E-state index is -3.68. The number of hydrogen-bond acceptors (Lipinski definition) is 7. The fraction of sp³-hybridized carbons (Fsp3) is 0.182. The molecule has 2 aromatic carbocycles. The molecule has 0 aliphatic heterocycles. The van der Waals surface area contributed by atoms with Crippen molar-refractivity contribution in [3.63, 3.8) is 0 Å². The van der Waals surface area contributed by atoms with E-state index >= 15 is 0 Å². The highest BCUT2D eigenvalue weighted by molar-refractivity contribution is 7.99. The van der Waals surface area contributed by atoms with Gasteiger partial charge < -0.3 is 10.3 Å². The highest BCUT2D eigenvalue weighted by atomic mass is 32.2. The summed E-state index contributed by atoms with van der Waals surface area (Å²) in [5.74, 6) is 7.64. The lowest BCUT2D eigenvalue weighted by molar-refractivity contribution is 0.551. The average Bonchev–Trinajstić information content (AvgIpc) is 3.44. The minimum Gasteiger partial charge on any atom is -0.461 e. The van der Waals surface area contributed by atoms with Gasteiger partial charge in [-0.2, -0.15) is 0 Å². The zero-order chi connectivity index (χ0) is 22.6. The first-order valence-electron chi connectivity index (χ1n) is 9.95. The number of hydrogen-bond donors (Lipinski definition) is 2. The predicted octanol–water partition coefficient (Wildman–Crippen LogP) is 3.76. The van der Waals surface area contributed by atoms with Crippen LogP contribution in [0.5, 0.6) is 0 Å². The Hall–Kier alpha value is -3.08. The first kappa shape index (κ1) is 22.1. The summed E-state index contributed by atoms with van der Waals surface area (Å²) in [6.45, 7) is 1.92. The molecule has 4 aromatic rings. The van der Waals surface area contributed by atoms with E-state index in [1.54, 1.807) is 42.7 Å². The predicted molar refractivity (Wildman–Crippen MR) is 124 cm³/mol. The lowest BCUT2D eigenvalue weighted by Gasteiger charge is -2.19. The lowest BCUT2D eigenvalue weighted by atomic mass is 10.1. The molecule has 32 heavy (non-hydrogen) atoms. The van der Waals surface area contributed by atoms with Crippen LogP contribution in [0.1, 0.15) is 23.6 Å². The van der Waals surface area contributed by atoms with Crippen molar-refractivity contribution < 1.29 is 12.8 Å². The Morgan fingerprint density at radius 3 is 2.50 bits per heavy atom. The molecule has 2 aromatic heterocycles. The van der Waals surface area contributed by atoms with Crippen molar-refractivity contribution in [3.8, 4) is 11.6 Å². The van der Waals surface area contributed by atoms with Gasteiger partial charge in [0.2, 0.25) is 21.0 Å². The minimum absolute atomic E-state index is 0.237. The van der Waals surface area contributed by atoms with Crippen LogP contribution < -0.4 is 10.6 Å². The second kappa shape index (κ2) is 9.60. The van der Waals surface area contributed by atoms with Crippen LogP contribution in [0.25, 0.3) is 11.6 Å². The topological polar surface area (TPSA) is 116 Å². The smallest absolute Gasteiger partial charge is 0.241 e. The van der Waals surface area contributed by atoms with Crippen LogP contribution in [-0.2, 0) is 10.0 Å². The van der Waals surface area contributed by atoms with Crippen molar-refractivity contribution in [3.05, 3.63) is 84.1 Å². The van der Waals surface area contributed by atoms with E-state index in [9.17, 15) is 8.42 Å². The van der Waals surface area contributed by atoms with Gasteiger partial charge in [-0.05, 0) is 43.2 Å². The summed E-state index contributed by atoms with van der Waals surface area (Å²) in [4.78, 5) is 0.237. The molecular formula is C22H23N5O3S2. The van der Waals surface area contributed by atoms with Gasteiger partial charge in [0.25, 0.3) is 0 Å². The van der Waals surface area contributed by atoms with Gasteiger partial charge in [-0.25, -0.2) is 17.8 Å². The molecule has 0 saturated carbocycles. The van der Waals surface area contributed by atoms with Gasteiger partial charge in [0, 0.05) is 11.8 Å². The molecule has 8 nitrogen and oxygen atoms in total. The number of nitrogen functional groups attached to an aromatic ring is 1. The van der Waals surface area contributed by atoms with Crippen LogP contribution >= 0.6 is 11.8 Å². The second-order valence-electron chi connectivity index (χ2n) is 7.19. The van der Waals surface area contributed by atoms with E-state index in [0.717, 1.165) is 11.1 Å². The van der Waals surface area contributed by atoms with Gasteiger partial charge >= 0.3 is 0 Å². The number of sulfonamides is 1. The maximum Gasteiger partial charge on any atom is 0.241 e. The summed E-state index contributed by atoms with van der Waals surface area (Å²) >= 11 is 1.40. The zero-order valence-corrected chi connectivity index (χ0v) is 19.0. The molecule has 0 spiro atoms. The zero-order valence-electron chi connectivity index (χ0n) is 17.4. The maximum atomic E-state index is 13.0. The molecule has 0 bridgehead atoms. The van der Waals surface area contributed by atoms with Crippen molar-refractivity contribution in [2.75, 3.05) is 11.6 Å². The van der Waals surface area contributed by atoms with Gasteiger partial charge in [0.15, 0.2) is 5.76 Å². The van der Waals surface area contributed by atoms with Crippen molar-refractivity contribution >= 4 is 21.8 Å². The molecule has 1 atom stereocenters. The molecule has 0 amide bonds. The number of aryl methyl sites for hydroxylation is 1. The van der Waals surface area contributed by atoms with Crippen molar-refractivity contribution in [1.29, 1.82) is 0 Å². The Balaban J connectivity index is 1.48. The summed E-state index contributed by atoms with van der Waals surface area (Å²) in [6, 6.07) is 19.4. The highest BCUT2D eigenvalue weighted by Gasteiger charge is 2.22. The highest BCUT2D eigenvalue weighted by Crippen LogP contribution is 2.26. The Kier molecular flexibility index (Phi) is 6.63. The molecule has 4 rings (SSSR count). The SMILES string of the molecule is Cc1ccc(S(=O)(=O)NC(CCSc2nnc(-c3ccco3)n2N)c2ccccc2)cc1. The van der Waals surface area contributed by atoms with Crippen molar-refractivity contribution in [2.24, 2.45) is 0 Å². The molecule has 0 fully saturated rings. The first-order chi connectivity index (χ1) is 15.4. The monoisotopic (exact) mass is 469 g/mol. The largest absolute Gasteiger partial charge is 0.461 e. The maximum absolute atomic E-state index is 13.0. The molecule has 3 N–H and O–H groups in total. The van der Waals surface area contributed by atoms with Gasteiger partial charge in [-0.3, -0.25) is 0 Å². The van der Waals surface area contributed by atoms with E-state index in [0.29, 0.717) is 28.9 Å². The van der Waals surface area contributed by atoms with E-state index in [4.69, 9.17) is 10.3 Å². The molecule has 0 radical (unpaired) electrons. The number of nitrogens with two attached hydrogens (primary N) is 1. The fourth-order valence-corrected chi connectivity index (χ4v) is 5.29. The number of thioether (sulfide) groups is 1. The lowest BCUT2D eigenvalue weighted by Crippen LogP contribution is -2.29. The van der Waals surface area contributed by atoms with E-state index in [-0.39, 0.29) is 4.90 Å². The summed E-state index contributed by atoms with van der Waals surface area (Å²) in [5.41, 5.74) is 1.88. The number of aromatic nitrogens is 3. The summed E-state index contributed by atoms with van der Waals surface area (Å²) in [6.07, 6.45) is 2.07. The normalized spacial score (nSPS) is 12.7. The summed E-state index contributed by atoms with van der Waals surface area (Å²) in [5, 5.41) is 8.72. The van der Waals surface area contributed by atoms with Gasteiger partial charge in [-0.15, -0.1) is 10.2 Å². The molecule has 0 saturated heterocycles. The van der Waals surface area contributed by atoms with Crippen molar-refractivity contribution in [2.45, 2.75) is 29.4 Å². The van der Waals surface area contributed by atoms with E-state index in [2.05, 4.69) is 14.9 Å². The summed E-state index contributed by atoms with van der Waals surface area (Å²) in [7, 11) is -3.68. The molecule has 0 aliphatic rings. The fourth-order valence-electron chi connectivity index (χ4n) is 3.17. The molecule has 166 valence electrons. The number of benzene rings is 2. The number of nitrogens with zero attached hydrogens (tertiary/aromatic N) is 3. The van der Waals surface area contributed by atoms with E-state index < -0.39 is 16.1 Å². The standard InChI is InChI=1S/C22H23N5O3S2/c1-16-9-11-18(12-10-16)32(28,29)26-19(17-6-3-2-4-7-17)13-15-31-22-25-24-21(27(22)23)20-8-5-14-30-20/h2-12,14,19,26H,13,15,23H2,1H3. The quantitative estimate of drug-likeness (QED) is 0.283. The third kappa shape index (κ3) is 5.04. The number of rotatable bonds is 9. The van der Waals surface area contributed by atoms with Crippen LogP contribution in [0.15, 0.2) is 87.5 Å². The Bertz CT molecular complexity index is 1250. The molecule has 0 aliphatic carbocycles. The van der Waals surface area contributed by atoms with Gasteiger partial charge in [0.1, 0.15) is 0 Å². The van der Waals surface area contributed by atoms with Crippen LogP contribution in [0.3, 0.4) is 0 Å². The Morgan fingerprint density at radius 1 is 1.06 bits per heavy atom. The van der Waals surface area contributed by atoms with E-state index in [1.165, 1.54) is 16.4 Å². The first-order valence-corrected chi connectivity index (χ1v) is 12.4. The van der Waals surface area contributed by atoms with Crippen molar-refractivity contribution in [1.82, 2.24) is 19.6 Å². The van der Waals surface area contributed by atoms with E-state index in [1.807, 2.05) is 37.3 Å². The molecule has 2 heterocycles. The van der Waals surface area contributed by atoms with Crippen LogP contribution in [0.4, 0.5) is 0 Å². The molecule has 10 heteroatoms. The molecule has 1 unspecified atom stereocenters. The summed E-state index contributed by atoms with van der Waals surface area (Å²) < 4.78 is 35.5. The molecular weight excluding hydrogens is 446 g/mol.